The minimum atomic E-state index is -4.06. The molecule has 3 rings (SSSR count). The molecule has 0 aliphatic rings. The molecule has 0 atom stereocenters. The van der Waals surface area contributed by atoms with Gasteiger partial charge in [0.05, 0.1) is 28.8 Å². The minimum absolute atomic E-state index is 0.0130. The third-order valence-electron chi connectivity index (χ3n) is 4.07. The second-order valence-electron chi connectivity index (χ2n) is 6.33. The van der Waals surface area contributed by atoms with Gasteiger partial charge < -0.3 is 4.74 Å². The average Bonchev–Trinajstić information content (AvgIpc) is 2.73. The van der Waals surface area contributed by atoms with Crippen LogP contribution in [0.3, 0.4) is 0 Å². The largest absolute Gasteiger partial charge is 0.495 e. The van der Waals surface area contributed by atoms with E-state index in [1.165, 1.54) is 31.4 Å². The fraction of sp³-hybridized carbons (Fsp3) is 0.0476. The number of nitrogens with one attached hydrogen (secondary N) is 2. The standard InChI is InChI=1S/C21H19FN2O5S2/c1-29-21-12-9-18(23-30(25,26)14-13-16-5-3-2-4-6-16)15-20(21)24-31(27,28)19-10-7-17(22)8-11-19/h2-15,23-24H,1H3. The van der Waals surface area contributed by atoms with Crippen molar-refractivity contribution in [1.29, 1.82) is 0 Å². The summed E-state index contributed by atoms with van der Waals surface area (Å²) in [5, 5.41) is 1.01. The third-order valence-corrected chi connectivity index (χ3v) is 6.46. The molecule has 0 spiro atoms. The van der Waals surface area contributed by atoms with Crippen molar-refractivity contribution in [1.82, 2.24) is 0 Å². The molecule has 31 heavy (non-hydrogen) atoms. The Morgan fingerprint density at radius 2 is 1.55 bits per heavy atom. The molecule has 0 fully saturated rings. The molecule has 0 bridgehead atoms. The zero-order valence-electron chi connectivity index (χ0n) is 16.3. The quantitative estimate of drug-likeness (QED) is 0.526. The van der Waals surface area contributed by atoms with Gasteiger partial charge in [-0.3, -0.25) is 9.44 Å². The molecule has 10 heteroatoms. The van der Waals surface area contributed by atoms with E-state index in [9.17, 15) is 21.2 Å². The number of rotatable bonds is 8. The molecule has 7 nitrogen and oxygen atoms in total. The van der Waals surface area contributed by atoms with Gasteiger partial charge in [-0.25, -0.2) is 21.2 Å². The van der Waals surface area contributed by atoms with E-state index in [1.807, 2.05) is 6.07 Å². The van der Waals surface area contributed by atoms with Crippen LogP contribution in [0.1, 0.15) is 5.56 Å². The van der Waals surface area contributed by atoms with E-state index in [0.29, 0.717) is 5.56 Å². The van der Waals surface area contributed by atoms with Crippen molar-refractivity contribution in [3.05, 3.63) is 89.6 Å². The van der Waals surface area contributed by atoms with Gasteiger partial charge in [0.1, 0.15) is 11.6 Å². The van der Waals surface area contributed by atoms with Crippen molar-refractivity contribution in [3.8, 4) is 5.75 Å². The Morgan fingerprint density at radius 3 is 2.19 bits per heavy atom. The van der Waals surface area contributed by atoms with Gasteiger partial charge in [-0.2, -0.15) is 0 Å². The van der Waals surface area contributed by atoms with Gasteiger partial charge >= 0.3 is 0 Å². The molecule has 0 heterocycles. The summed E-state index contributed by atoms with van der Waals surface area (Å²) >= 11 is 0. The number of benzene rings is 3. The molecule has 3 aromatic rings. The zero-order valence-corrected chi connectivity index (χ0v) is 18.0. The zero-order chi connectivity index (χ0) is 22.5. The van der Waals surface area contributed by atoms with Crippen LogP contribution in [-0.4, -0.2) is 23.9 Å². The second kappa shape index (κ2) is 9.19. The van der Waals surface area contributed by atoms with Gasteiger partial charge in [0.2, 0.25) is 0 Å². The maximum Gasteiger partial charge on any atom is 0.262 e. The van der Waals surface area contributed by atoms with Gasteiger partial charge in [0.15, 0.2) is 0 Å². The van der Waals surface area contributed by atoms with Crippen LogP contribution in [0, 0.1) is 5.82 Å². The SMILES string of the molecule is COc1ccc(NS(=O)(=O)C=Cc2ccccc2)cc1NS(=O)(=O)c1ccc(F)cc1. The van der Waals surface area contributed by atoms with Gasteiger partial charge in [0.25, 0.3) is 20.0 Å². The van der Waals surface area contributed by atoms with Crippen LogP contribution >= 0.6 is 0 Å². The van der Waals surface area contributed by atoms with Crippen molar-refractivity contribution in [3.63, 3.8) is 0 Å². The van der Waals surface area contributed by atoms with Crippen LogP contribution in [-0.2, 0) is 20.0 Å². The molecule has 162 valence electrons. The highest BCUT2D eigenvalue weighted by Crippen LogP contribution is 2.30. The van der Waals surface area contributed by atoms with Crippen molar-refractivity contribution < 1.29 is 26.0 Å². The summed E-state index contributed by atoms with van der Waals surface area (Å²) in [5.74, 6) is -0.398. The number of hydrogen-bond donors (Lipinski definition) is 2. The normalized spacial score (nSPS) is 11.9. The van der Waals surface area contributed by atoms with Gasteiger partial charge in [0, 0.05) is 0 Å². The molecule has 0 unspecified atom stereocenters. The topological polar surface area (TPSA) is 102 Å². The Kier molecular flexibility index (Phi) is 6.62. The van der Waals surface area contributed by atoms with E-state index in [-0.39, 0.29) is 22.0 Å². The Balaban J connectivity index is 1.85. The van der Waals surface area contributed by atoms with Crippen LogP contribution in [0.2, 0.25) is 0 Å². The van der Waals surface area contributed by atoms with Crippen molar-refractivity contribution in [2.75, 3.05) is 16.6 Å². The minimum Gasteiger partial charge on any atom is -0.495 e. The molecule has 2 N–H and O–H groups in total. The number of hydrogen-bond acceptors (Lipinski definition) is 5. The van der Waals surface area contributed by atoms with Gasteiger partial charge in [-0.15, -0.1) is 0 Å². The molecule has 0 saturated heterocycles. The number of sulfonamides is 2. The molecule has 0 aromatic heterocycles. The van der Waals surface area contributed by atoms with E-state index in [4.69, 9.17) is 4.74 Å². The first-order valence-electron chi connectivity index (χ1n) is 8.91. The number of halogens is 1. The lowest BCUT2D eigenvalue weighted by molar-refractivity contribution is 0.417. The summed E-state index contributed by atoms with van der Waals surface area (Å²) in [6, 6.07) is 17.3. The molecule has 3 aromatic carbocycles. The molecule has 0 saturated carbocycles. The van der Waals surface area contributed by atoms with E-state index >= 15 is 0 Å². The highest BCUT2D eigenvalue weighted by Gasteiger charge is 2.18. The van der Waals surface area contributed by atoms with E-state index in [0.717, 1.165) is 29.7 Å². The highest BCUT2D eigenvalue weighted by atomic mass is 32.2. The summed E-state index contributed by atoms with van der Waals surface area (Å²) in [6.07, 6.45) is 1.43. The predicted molar refractivity (Wildman–Crippen MR) is 118 cm³/mol. The number of ether oxygens (including phenoxy) is 1. The molecule has 0 radical (unpaired) electrons. The summed E-state index contributed by atoms with van der Waals surface area (Å²) < 4.78 is 72.9. The Hall–Kier alpha value is -3.37. The lowest BCUT2D eigenvalue weighted by Crippen LogP contribution is -2.14. The predicted octanol–water partition coefficient (Wildman–Crippen LogP) is 4.05. The van der Waals surface area contributed by atoms with E-state index in [2.05, 4.69) is 9.44 Å². The fourth-order valence-electron chi connectivity index (χ4n) is 2.60. The Bertz CT molecular complexity index is 1290. The average molecular weight is 463 g/mol. The molecular weight excluding hydrogens is 443 g/mol. The number of anilines is 2. The maximum absolute atomic E-state index is 13.1. The number of methoxy groups -OCH3 is 1. The van der Waals surface area contributed by atoms with Gasteiger partial charge in [-0.05, 0) is 54.1 Å². The summed E-state index contributed by atoms with van der Waals surface area (Å²) in [7, 11) is -6.57. The van der Waals surface area contributed by atoms with Crippen LogP contribution < -0.4 is 14.2 Å². The molecule has 0 aliphatic heterocycles. The molecule has 0 amide bonds. The van der Waals surface area contributed by atoms with Crippen molar-refractivity contribution in [2.24, 2.45) is 0 Å². The van der Waals surface area contributed by atoms with Gasteiger partial charge in [-0.1, -0.05) is 30.3 Å². The van der Waals surface area contributed by atoms with Crippen LogP contribution in [0.4, 0.5) is 15.8 Å². The lowest BCUT2D eigenvalue weighted by atomic mass is 10.2. The highest BCUT2D eigenvalue weighted by molar-refractivity contribution is 7.95. The first-order chi connectivity index (χ1) is 14.7. The second-order valence-corrected chi connectivity index (χ2v) is 9.58. The van der Waals surface area contributed by atoms with E-state index < -0.39 is 25.9 Å². The first-order valence-corrected chi connectivity index (χ1v) is 11.9. The third kappa shape index (κ3) is 6.06. The maximum atomic E-state index is 13.1. The van der Waals surface area contributed by atoms with Crippen molar-refractivity contribution >= 4 is 37.5 Å². The van der Waals surface area contributed by atoms with Crippen molar-refractivity contribution in [2.45, 2.75) is 4.90 Å². The van der Waals surface area contributed by atoms with Crippen LogP contribution in [0.25, 0.3) is 6.08 Å². The van der Waals surface area contributed by atoms with Crippen LogP contribution in [0.15, 0.2) is 83.1 Å². The smallest absolute Gasteiger partial charge is 0.262 e. The monoisotopic (exact) mass is 462 g/mol. The van der Waals surface area contributed by atoms with Crippen LogP contribution in [0.5, 0.6) is 5.75 Å². The molecular formula is C21H19FN2O5S2. The first kappa shape index (κ1) is 22.3. The fourth-order valence-corrected chi connectivity index (χ4v) is 4.52. The molecule has 0 aliphatic carbocycles. The summed E-state index contributed by atoms with van der Waals surface area (Å²) in [4.78, 5) is -0.160. The summed E-state index contributed by atoms with van der Waals surface area (Å²) in [5.41, 5.74) is 0.838. The Morgan fingerprint density at radius 1 is 0.871 bits per heavy atom. The Labute approximate surface area is 180 Å². The lowest BCUT2D eigenvalue weighted by Gasteiger charge is -2.14. The summed E-state index contributed by atoms with van der Waals surface area (Å²) in [6.45, 7) is 0. The van der Waals surface area contributed by atoms with E-state index in [1.54, 1.807) is 24.3 Å².